The molecule has 2 N–H and O–H groups in total. The highest BCUT2D eigenvalue weighted by molar-refractivity contribution is 5.80. The third-order valence-corrected chi connectivity index (χ3v) is 3.99. The maximum Gasteiger partial charge on any atom is 0.119 e. The average molecular weight is 294 g/mol. The van der Waals surface area contributed by atoms with E-state index < -0.39 is 0 Å². The molecule has 3 aromatic rings. The normalized spacial score (nSPS) is 11.0. The Bertz CT molecular complexity index is 761. The maximum atomic E-state index is 5.38. The van der Waals surface area contributed by atoms with Gasteiger partial charge in [0.05, 0.1) is 7.11 Å². The van der Waals surface area contributed by atoms with Gasteiger partial charge in [-0.1, -0.05) is 19.1 Å². The zero-order valence-corrected chi connectivity index (χ0v) is 13.1. The van der Waals surface area contributed by atoms with E-state index in [0.717, 1.165) is 25.3 Å². The van der Waals surface area contributed by atoms with Crippen LogP contribution in [0.1, 0.15) is 23.6 Å². The molecule has 3 heteroatoms. The van der Waals surface area contributed by atoms with E-state index in [4.69, 9.17) is 4.74 Å². The molecule has 0 fully saturated rings. The van der Waals surface area contributed by atoms with Crippen molar-refractivity contribution in [1.82, 2.24) is 10.3 Å². The second-order valence-corrected chi connectivity index (χ2v) is 5.49. The maximum absolute atomic E-state index is 5.38. The molecule has 0 aliphatic carbocycles. The summed E-state index contributed by atoms with van der Waals surface area (Å²) in [4.78, 5) is 3.24. The van der Waals surface area contributed by atoms with Gasteiger partial charge in [0.2, 0.25) is 0 Å². The van der Waals surface area contributed by atoms with Crippen LogP contribution in [-0.4, -0.2) is 18.6 Å². The first-order chi connectivity index (χ1) is 10.8. The second-order valence-electron chi connectivity index (χ2n) is 5.49. The number of benzene rings is 2. The van der Waals surface area contributed by atoms with E-state index in [-0.39, 0.29) is 0 Å². The molecule has 1 heterocycles. The molecule has 0 aliphatic rings. The van der Waals surface area contributed by atoms with E-state index in [1.54, 1.807) is 7.11 Å². The van der Waals surface area contributed by atoms with Gasteiger partial charge in [-0.3, -0.25) is 0 Å². The van der Waals surface area contributed by atoms with Gasteiger partial charge in [0.1, 0.15) is 5.75 Å². The Labute approximate surface area is 131 Å². The summed E-state index contributed by atoms with van der Waals surface area (Å²) >= 11 is 0. The van der Waals surface area contributed by atoms with E-state index in [1.807, 2.05) is 12.3 Å². The van der Waals surface area contributed by atoms with Gasteiger partial charge in [0.25, 0.3) is 0 Å². The van der Waals surface area contributed by atoms with Gasteiger partial charge in [-0.05, 0) is 65.4 Å². The SMILES string of the molecule is CCNCc1ccc(OC)cc1Cc1ccc2[nH]ccc2c1. The molecule has 2 aromatic carbocycles. The fourth-order valence-electron chi connectivity index (χ4n) is 2.76. The lowest BCUT2D eigenvalue weighted by molar-refractivity contribution is 0.414. The Hall–Kier alpha value is -2.26. The van der Waals surface area contributed by atoms with E-state index in [1.165, 1.54) is 27.6 Å². The van der Waals surface area contributed by atoms with Crippen molar-refractivity contribution in [2.24, 2.45) is 0 Å². The Morgan fingerprint density at radius 2 is 1.95 bits per heavy atom. The summed E-state index contributed by atoms with van der Waals surface area (Å²) in [5, 5.41) is 4.67. The van der Waals surface area contributed by atoms with Gasteiger partial charge in [-0.2, -0.15) is 0 Å². The minimum absolute atomic E-state index is 0.891. The Balaban J connectivity index is 1.91. The zero-order chi connectivity index (χ0) is 15.4. The quantitative estimate of drug-likeness (QED) is 0.724. The number of rotatable bonds is 6. The van der Waals surface area contributed by atoms with Crippen LogP contribution in [-0.2, 0) is 13.0 Å². The van der Waals surface area contributed by atoms with Crippen molar-refractivity contribution in [2.75, 3.05) is 13.7 Å². The van der Waals surface area contributed by atoms with Gasteiger partial charge in [0, 0.05) is 18.3 Å². The first-order valence-corrected chi connectivity index (χ1v) is 7.72. The molecule has 0 amide bonds. The number of aromatic amines is 1. The van der Waals surface area contributed by atoms with Crippen molar-refractivity contribution < 1.29 is 4.74 Å². The number of hydrogen-bond acceptors (Lipinski definition) is 2. The highest BCUT2D eigenvalue weighted by Crippen LogP contribution is 2.23. The number of hydrogen-bond donors (Lipinski definition) is 2. The summed E-state index contributed by atoms with van der Waals surface area (Å²) in [6.45, 7) is 3.99. The molecule has 0 radical (unpaired) electrons. The van der Waals surface area contributed by atoms with Crippen molar-refractivity contribution in [3.63, 3.8) is 0 Å². The lowest BCUT2D eigenvalue weighted by Gasteiger charge is -2.12. The smallest absolute Gasteiger partial charge is 0.119 e. The number of methoxy groups -OCH3 is 1. The highest BCUT2D eigenvalue weighted by atomic mass is 16.5. The summed E-state index contributed by atoms with van der Waals surface area (Å²) in [5.41, 5.74) is 5.15. The third kappa shape index (κ3) is 3.15. The standard InChI is InChI=1S/C19H22N2O/c1-3-20-13-16-5-6-18(22-2)12-17(16)11-14-4-7-19-15(10-14)8-9-21-19/h4-10,12,20-21H,3,11,13H2,1-2H3. The third-order valence-electron chi connectivity index (χ3n) is 3.99. The van der Waals surface area contributed by atoms with Crippen molar-refractivity contribution in [3.8, 4) is 5.75 Å². The molecule has 0 saturated heterocycles. The van der Waals surface area contributed by atoms with Crippen LogP contribution in [0.4, 0.5) is 0 Å². The highest BCUT2D eigenvalue weighted by Gasteiger charge is 2.06. The van der Waals surface area contributed by atoms with Crippen LogP contribution in [0.25, 0.3) is 10.9 Å². The average Bonchev–Trinajstić information content (AvgIpc) is 3.01. The molecule has 0 spiro atoms. The molecule has 3 rings (SSSR count). The molecule has 0 unspecified atom stereocenters. The number of ether oxygens (including phenoxy) is 1. The molecule has 0 bridgehead atoms. The van der Waals surface area contributed by atoms with E-state index in [9.17, 15) is 0 Å². The largest absolute Gasteiger partial charge is 0.497 e. The molecule has 0 atom stereocenters. The first-order valence-electron chi connectivity index (χ1n) is 7.72. The number of aromatic nitrogens is 1. The van der Waals surface area contributed by atoms with Crippen LogP contribution in [0.3, 0.4) is 0 Å². The molecule has 0 aliphatic heterocycles. The van der Waals surface area contributed by atoms with Gasteiger partial charge in [0.15, 0.2) is 0 Å². The minimum atomic E-state index is 0.891. The Kier molecular flexibility index (Phi) is 4.45. The minimum Gasteiger partial charge on any atom is -0.497 e. The molecule has 114 valence electrons. The van der Waals surface area contributed by atoms with Crippen molar-refractivity contribution >= 4 is 10.9 Å². The van der Waals surface area contributed by atoms with Crippen molar-refractivity contribution in [3.05, 3.63) is 65.4 Å². The fourth-order valence-corrected chi connectivity index (χ4v) is 2.76. The topological polar surface area (TPSA) is 37.0 Å². The molecule has 22 heavy (non-hydrogen) atoms. The second kappa shape index (κ2) is 6.67. The predicted octanol–water partition coefficient (Wildman–Crippen LogP) is 3.88. The number of H-pyrrole nitrogens is 1. The van der Waals surface area contributed by atoms with Crippen molar-refractivity contribution in [2.45, 2.75) is 19.9 Å². The van der Waals surface area contributed by atoms with Gasteiger partial charge >= 0.3 is 0 Å². The zero-order valence-electron chi connectivity index (χ0n) is 13.1. The van der Waals surface area contributed by atoms with Gasteiger partial charge < -0.3 is 15.0 Å². The van der Waals surface area contributed by atoms with Gasteiger partial charge in [-0.15, -0.1) is 0 Å². The Morgan fingerprint density at radius 1 is 1.05 bits per heavy atom. The van der Waals surface area contributed by atoms with Crippen LogP contribution >= 0.6 is 0 Å². The van der Waals surface area contributed by atoms with Crippen LogP contribution < -0.4 is 10.1 Å². The van der Waals surface area contributed by atoms with Crippen LogP contribution in [0, 0.1) is 0 Å². The summed E-state index contributed by atoms with van der Waals surface area (Å²) < 4.78 is 5.38. The summed E-state index contributed by atoms with van der Waals surface area (Å²) in [6, 6.07) is 15.0. The number of fused-ring (bicyclic) bond motifs is 1. The van der Waals surface area contributed by atoms with Gasteiger partial charge in [-0.25, -0.2) is 0 Å². The van der Waals surface area contributed by atoms with E-state index >= 15 is 0 Å². The van der Waals surface area contributed by atoms with Crippen molar-refractivity contribution in [1.29, 1.82) is 0 Å². The van der Waals surface area contributed by atoms with E-state index in [2.05, 4.69) is 53.6 Å². The molecule has 0 saturated carbocycles. The van der Waals surface area contributed by atoms with Crippen LogP contribution in [0.15, 0.2) is 48.7 Å². The first kappa shape index (κ1) is 14.7. The lowest BCUT2D eigenvalue weighted by Crippen LogP contribution is -2.13. The Morgan fingerprint density at radius 3 is 2.77 bits per heavy atom. The predicted molar refractivity (Wildman–Crippen MR) is 91.5 cm³/mol. The summed E-state index contributed by atoms with van der Waals surface area (Å²) in [7, 11) is 1.72. The van der Waals surface area contributed by atoms with Crippen LogP contribution in [0.2, 0.25) is 0 Å². The lowest BCUT2D eigenvalue weighted by atomic mass is 9.98. The molecule has 1 aromatic heterocycles. The number of nitrogens with one attached hydrogen (secondary N) is 2. The van der Waals surface area contributed by atoms with Crippen LogP contribution in [0.5, 0.6) is 5.75 Å². The summed E-state index contributed by atoms with van der Waals surface area (Å²) in [6.07, 6.45) is 2.90. The summed E-state index contributed by atoms with van der Waals surface area (Å²) in [5.74, 6) is 0.915. The molecular weight excluding hydrogens is 272 g/mol. The monoisotopic (exact) mass is 294 g/mol. The van der Waals surface area contributed by atoms with E-state index in [0.29, 0.717) is 0 Å². The molecular formula is C19H22N2O. The molecule has 3 nitrogen and oxygen atoms in total. The fraction of sp³-hybridized carbons (Fsp3) is 0.263.